The smallest absolute Gasteiger partial charge is 0.333 e. The normalized spacial score (nSPS) is 16.2. The monoisotopic (exact) mass is 899 g/mol. The van der Waals surface area contributed by atoms with Gasteiger partial charge in [-0.25, -0.2) is 9.07 Å². The number of hydrogen-bond donors (Lipinski definition) is 1. The summed E-state index contributed by atoms with van der Waals surface area (Å²) in [7, 11) is 1.77. The van der Waals surface area contributed by atoms with Gasteiger partial charge in [0, 0.05) is 86.1 Å². The van der Waals surface area contributed by atoms with Crippen LogP contribution in [0.5, 0.6) is 5.75 Å². The fraction of sp³-hybridized carbons (Fsp3) is 0.333. The summed E-state index contributed by atoms with van der Waals surface area (Å²) in [6, 6.07) is 27.1. The van der Waals surface area contributed by atoms with Gasteiger partial charge in [0.15, 0.2) is 0 Å². The number of alkyl halides is 3. The van der Waals surface area contributed by atoms with Crippen LogP contribution in [0.2, 0.25) is 0 Å². The van der Waals surface area contributed by atoms with Gasteiger partial charge < -0.3 is 29.2 Å². The highest BCUT2D eigenvalue weighted by molar-refractivity contribution is 6.13. The molecule has 342 valence electrons. The third kappa shape index (κ3) is 9.22. The molecule has 0 spiro atoms. The van der Waals surface area contributed by atoms with Crippen LogP contribution in [0.1, 0.15) is 60.8 Å². The molecule has 66 heavy (non-hydrogen) atoms. The van der Waals surface area contributed by atoms with Crippen molar-refractivity contribution in [1.29, 1.82) is 0 Å². The number of carbonyl (C=O) groups excluding carboxylic acids is 3. The van der Waals surface area contributed by atoms with Crippen molar-refractivity contribution in [2.24, 2.45) is 7.05 Å². The number of nitrogens with one attached hydrogen (secondary N) is 1. The number of carbonyl (C=O) groups is 3. The first-order valence-electron chi connectivity index (χ1n) is 22.3. The van der Waals surface area contributed by atoms with E-state index in [0.717, 1.165) is 66.4 Å². The van der Waals surface area contributed by atoms with E-state index in [4.69, 9.17) is 9.47 Å². The summed E-state index contributed by atoms with van der Waals surface area (Å²) in [5.41, 5.74) is 7.35. The third-order valence-corrected chi connectivity index (χ3v) is 13.1. The van der Waals surface area contributed by atoms with Crippen molar-refractivity contribution >= 4 is 23.4 Å². The molecule has 1 atom stereocenters. The van der Waals surface area contributed by atoms with Crippen molar-refractivity contribution in [1.82, 2.24) is 29.0 Å². The van der Waals surface area contributed by atoms with Crippen LogP contribution in [-0.2, 0) is 48.9 Å². The number of morpholine rings is 1. The van der Waals surface area contributed by atoms with Crippen molar-refractivity contribution in [3.05, 3.63) is 148 Å². The number of rotatable bonds is 13. The van der Waals surface area contributed by atoms with Crippen molar-refractivity contribution in [3.63, 3.8) is 0 Å². The van der Waals surface area contributed by atoms with E-state index in [1.54, 1.807) is 58.7 Å². The van der Waals surface area contributed by atoms with Gasteiger partial charge >= 0.3 is 6.55 Å². The van der Waals surface area contributed by atoms with Gasteiger partial charge in [0.2, 0.25) is 5.91 Å². The zero-order chi connectivity index (χ0) is 45.9. The molecule has 1 saturated heterocycles. The second kappa shape index (κ2) is 19.4. The number of anilines is 1. The summed E-state index contributed by atoms with van der Waals surface area (Å²) >= 11 is 0. The van der Waals surface area contributed by atoms with Crippen molar-refractivity contribution in [2.75, 3.05) is 58.0 Å². The number of nitrogens with zero attached hydrogens (tertiary/aromatic N) is 6. The molecule has 0 bridgehead atoms. The van der Waals surface area contributed by atoms with E-state index >= 15 is 9.18 Å². The van der Waals surface area contributed by atoms with Crippen LogP contribution < -0.4 is 10.1 Å². The number of halogens is 3. The molecule has 3 amide bonds. The lowest BCUT2D eigenvalue weighted by Crippen LogP contribution is -2.45. The first-order chi connectivity index (χ1) is 32.1. The summed E-state index contributed by atoms with van der Waals surface area (Å²) in [4.78, 5) is 49.2. The number of benzene rings is 4. The standard InChI is InChI=1S/C51H52F3N7O5/c1-33-46(49(63)56-40-10-4-3-5-11-40)47(39-29-55-61(32-39)51(53)54)48(57(33)2)43-26-36-16-17-59(45(62)24-34-12-14-42(15-13-34)66-23-20-58-18-21-65-22-19-58)30-38(36)27-44(43)50(64)60-31-37-9-7-6-8-35(37)25-41(60)28-52/h3-15,26-27,29,32,41,51H,16-25,28,30-31H2,1-2H3,(H,56,63)/t41-/m0/s1. The van der Waals surface area contributed by atoms with Gasteiger partial charge in [0.25, 0.3) is 11.8 Å². The maximum Gasteiger partial charge on any atom is 0.333 e. The molecular weight excluding hydrogens is 848 g/mol. The Balaban J connectivity index is 1.07. The molecule has 12 nitrogen and oxygen atoms in total. The van der Waals surface area contributed by atoms with Crippen LogP contribution in [0.3, 0.4) is 0 Å². The number of aromatic nitrogens is 3. The largest absolute Gasteiger partial charge is 0.492 e. The van der Waals surface area contributed by atoms with Gasteiger partial charge in [0.05, 0.1) is 43.1 Å². The number of amides is 3. The highest BCUT2D eigenvalue weighted by atomic mass is 19.3. The maximum absolute atomic E-state index is 15.3. The summed E-state index contributed by atoms with van der Waals surface area (Å²) in [5, 5.41) is 6.89. The molecule has 6 aromatic rings. The van der Waals surface area contributed by atoms with Gasteiger partial charge in [-0.15, -0.1) is 0 Å². The molecule has 0 aliphatic carbocycles. The topological polar surface area (TPSA) is 114 Å². The Morgan fingerprint density at radius 1 is 0.894 bits per heavy atom. The van der Waals surface area contributed by atoms with Crippen LogP contribution in [0.15, 0.2) is 103 Å². The minimum absolute atomic E-state index is 0.0748. The van der Waals surface area contributed by atoms with E-state index in [0.29, 0.717) is 58.9 Å². The zero-order valence-corrected chi connectivity index (χ0v) is 37.0. The quantitative estimate of drug-likeness (QED) is 0.126. The summed E-state index contributed by atoms with van der Waals surface area (Å²) in [5.74, 6) is -0.246. The Kier molecular flexibility index (Phi) is 13.1. The summed E-state index contributed by atoms with van der Waals surface area (Å²) < 4.78 is 57.0. The number of hydrogen-bond acceptors (Lipinski definition) is 7. The third-order valence-electron chi connectivity index (χ3n) is 13.1. The van der Waals surface area contributed by atoms with Gasteiger partial charge in [0.1, 0.15) is 19.0 Å². The van der Waals surface area contributed by atoms with Crippen LogP contribution in [0, 0.1) is 6.92 Å². The molecule has 5 heterocycles. The van der Waals surface area contributed by atoms with E-state index in [2.05, 4.69) is 15.3 Å². The van der Waals surface area contributed by atoms with Gasteiger partial charge in [-0.05, 0) is 84.0 Å². The molecule has 0 unspecified atom stereocenters. The first-order valence-corrected chi connectivity index (χ1v) is 22.3. The molecule has 1 fully saturated rings. The van der Waals surface area contributed by atoms with Crippen LogP contribution >= 0.6 is 0 Å². The molecule has 15 heteroatoms. The molecule has 9 rings (SSSR count). The second-order valence-electron chi connectivity index (χ2n) is 17.1. The number of ether oxygens (including phenoxy) is 2. The van der Waals surface area contributed by atoms with Gasteiger partial charge in [-0.2, -0.15) is 13.9 Å². The van der Waals surface area contributed by atoms with E-state index in [-0.39, 0.29) is 42.1 Å². The number of fused-ring (bicyclic) bond motifs is 2. The lowest BCUT2D eigenvalue weighted by molar-refractivity contribution is -0.131. The lowest BCUT2D eigenvalue weighted by Gasteiger charge is -2.36. The minimum Gasteiger partial charge on any atom is -0.492 e. The molecule has 3 aliphatic heterocycles. The molecule has 4 aromatic carbocycles. The Morgan fingerprint density at radius 3 is 2.36 bits per heavy atom. The predicted molar refractivity (Wildman–Crippen MR) is 244 cm³/mol. The summed E-state index contributed by atoms with van der Waals surface area (Å²) in [6.45, 7) is 3.48. The van der Waals surface area contributed by atoms with Crippen molar-refractivity contribution in [2.45, 2.75) is 51.9 Å². The van der Waals surface area contributed by atoms with E-state index in [1.807, 2.05) is 60.7 Å². The SMILES string of the molecule is Cc1c(C(=O)Nc2ccccc2)c(-c2cnn(C(F)F)c2)c(-c2cc3c(cc2C(=O)N2Cc4ccccc4C[C@H]2CF)CN(C(=O)Cc2ccc(OCCN4CCOCC4)cc2)CC3)n1C. The summed E-state index contributed by atoms with van der Waals surface area (Å²) in [6.07, 6.45) is 3.45. The number of para-hydroxylation sites is 1. The Bertz CT molecular complexity index is 2730. The van der Waals surface area contributed by atoms with Gasteiger partial charge in [-0.1, -0.05) is 54.6 Å². The Hall–Kier alpha value is -6.71. The molecule has 2 aromatic heterocycles. The minimum atomic E-state index is -2.94. The molecule has 3 aliphatic rings. The highest BCUT2D eigenvalue weighted by Gasteiger charge is 2.36. The Morgan fingerprint density at radius 2 is 1.64 bits per heavy atom. The second-order valence-corrected chi connectivity index (χ2v) is 17.1. The highest BCUT2D eigenvalue weighted by Crippen LogP contribution is 2.43. The van der Waals surface area contributed by atoms with Crippen molar-refractivity contribution in [3.8, 4) is 28.1 Å². The van der Waals surface area contributed by atoms with E-state index in [1.165, 1.54) is 12.4 Å². The Labute approximate surface area is 381 Å². The average Bonchev–Trinajstić information content (AvgIpc) is 3.94. The first kappa shape index (κ1) is 44.5. The van der Waals surface area contributed by atoms with Gasteiger partial charge in [-0.3, -0.25) is 19.3 Å². The maximum atomic E-state index is 15.3. The molecule has 0 radical (unpaired) electrons. The fourth-order valence-corrected chi connectivity index (χ4v) is 9.39. The fourth-order valence-electron chi connectivity index (χ4n) is 9.39. The van der Waals surface area contributed by atoms with E-state index < -0.39 is 31.1 Å². The van der Waals surface area contributed by atoms with Crippen molar-refractivity contribution < 1.29 is 37.0 Å². The predicted octanol–water partition coefficient (Wildman–Crippen LogP) is 7.89. The van der Waals surface area contributed by atoms with Crippen LogP contribution in [0.4, 0.5) is 18.9 Å². The zero-order valence-electron chi connectivity index (χ0n) is 37.0. The van der Waals surface area contributed by atoms with Crippen LogP contribution in [0.25, 0.3) is 22.4 Å². The molecular formula is C51H52F3N7O5. The molecule has 0 saturated carbocycles. The molecule has 1 N–H and O–H groups in total. The van der Waals surface area contributed by atoms with E-state index in [9.17, 15) is 18.4 Å². The average molecular weight is 900 g/mol. The van der Waals surface area contributed by atoms with Crippen LogP contribution in [-0.4, -0.2) is 105 Å². The lowest BCUT2D eigenvalue weighted by atomic mass is 9.88.